The number of nitrogens with one attached hydrogen (secondary N) is 1. The van der Waals surface area contributed by atoms with Crippen molar-refractivity contribution in [2.75, 3.05) is 19.8 Å². The molecule has 0 aliphatic heterocycles. The number of hydrogen-bond acceptors (Lipinski definition) is 3. The number of aryl methyl sites for hydroxylation is 1. The lowest BCUT2D eigenvalue weighted by molar-refractivity contribution is 0.462. The number of halogens is 1. The molecular formula is C18H25ClN4O2S. The zero-order chi connectivity index (χ0) is 19.3. The van der Waals surface area contributed by atoms with Gasteiger partial charge in [0.05, 0.1) is 23.0 Å². The maximum absolute atomic E-state index is 11.5. The molecule has 6 nitrogen and oxygen atoms in total. The standard InChI is InChI=1S/C18H25ClN4O2S/c1-5-20-18(23(3)13-16-10-15(19)12-22(16)2)21-11-14-6-8-17(9-7-14)26(4,24)25/h6-10,12H,5,11,13H2,1-4H3,(H,20,21). The van der Waals surface area contributed by atoms with Crippen LogP contribution in [0.3, 0.4) is 0 Å². The van der Waals surface area contributed by atoms with Crippen LogP contribution in [-0.4, -0.2) is 43.7 Å². The van der Waals surface area contributed by atoms with Crippen molar-refractivity contribution in [1.29, 1.82) is 0 Å². The smallest absolute Gasteiger partial charge is 0.194 e. The molecule has 0 spiro atoms. The van der Waals surface area contributed by atoms with E-state index in [0.717, 1.165) is 23.8 Å². The highest BCUT2D eigenvalue weighted by Gasteiger charge is 2.10. The molecule has 0 fully saturated rings. The van der Waals surface area contributed by atoms with Gasteiger partial charge in [0.25, 0.3) is 0 Å². The Morgan fingerprint density at radius 2 is 1.96 bits per heavy atom. The molecule has 2 aromatic rings. The third-order valence-corrected chi connectivity index (χ3v) is 5.27. The van der Waals surface area contributed by atoms with E-state index >= 15 is 0 Å². The molecule has 142 valence electrons. The van der Waals surface area contributed by atoms with Crippen LogP contribution < -0.4 is 5.32 Å². The van der Waals surface area contributed by atoms with Gasteiger partial charge in [-0.05, 0) is 30.7 Å². The predicted octanol–water partition coefficient (Wildman–Crippen LogP) is 2.68. The van der Waals surface area contributed by atoms with Crippen LogP contribution in [0.25, 0.3) is 0 Å². The van der Waals surface area contributed by atoms with Crippen molar-refractivity contribution in [3.05, 3.63) is 52.8 Å². The first-order valence-electron chi connectivity index (χ1n) is 8.30. The SMILES string of the molecule is CCNC(=NCc1ccc(S(C)(=O)=O)cc1)N(C)Cc1cc(Cl)cn1C. The van der Waals surface area contributed by atoms with E-state index in [1.165, 1.54) is 6.26 Å². The van der Waals surface area contributed by atoms with Gasteiger partial charge in [0.2, 0.25) is 0 Å². The van der Waals surface area contributed by atoms with E-state index in [-0.39, 0.29) is 0 Å². The quantitative estimate of drug-likeness (QED) is 0.602. The molecule has 1 N–H and O–H groups in total. The third-order valence-electron chi connectivity index (χ3n) is 3.93. The van der Waals surface area contributed by atoms with Crippen molar-refractivity contribution in [3.8, 4) is 0 Å². The van der Waals surface area contributed by atoms with Crippen molar-refractivity contribution < 1.29 is 8.42 Å². The number of rotatable bonds is 6. The molecule has 0 saturated carbocycles. The number of sulfone groups is 1. The van der Waals surface area contributed by atoms with Gasteiger partial charge in [-0.3, -0.25) is 0 Å². The minimum absolute atomic E-state index is 0.315. The van der Waals surface area contributed by atoms with E-state index in [1.54, 1.807) is 24.3 Å². The van der Waals surface area contributed by atoms with E-state index in [0.29, 0.717) is 23.0 Å². The van der Waals surface area contributed by atoms with Crippen molar-refractivity contribution >= 4 is 27.4 Å². The predicted molar refractivity (Wildman–Crippen MR) is 106 cm³/mol. The van der Waals surface area contributed by atoms with Crippen LogP contribution >= 0.6 is 11.6 Å². The summed E-state index contributed by atoms with van der Waals surface area (Å²) in [5.41, 5.74) is 2.03. The number of nitrogens with zero attached hydrogens (tertiary/aromatic N) is 3. The van der Waals surface area contributed by atoms with E-state index < -0.39 is 9.84 Å². The molecular weight excluding hydrogens is 372 g/mol. The van der Waals surface area contributed by atoms with E-state index in [9.17, 15) is 8.42 Å². The number of aromatic nitrogens is 1. The molecule has 1 heterocycles. The van der Waals surface area contributed by atoms with Gasteiger partial charge in [-0.1, -0.05) is 23.7 Å². The second kappa shape index (κ2) is 8.60. The molecule has 1 aromatic heterocycles. The Labute approximate surface area is 160 Å². The van der Waals surface area contributed by atoms with E-state index in [4.69, 9.17) is 11.6 Å². The van der Waals surface area contributed by atoms with Crippen molar-refractivity contribution in [1.82, 2.24) is 14.8 Å². The van der Waals surface area contributed by atoms with Crippen LogP contribution in [-0.2, 0) is 30.0 Å². The molecule has 0 unspecified atom stereocenters. The third kappa shape index (κ3) is 5.51. The van der Waals surface area contributed by atoms with Crippen LogP contribution in [0.15, 0.2) is 46.4 Å². The number of benzene rings is 1. The molecule has 2 rings (SSSR count). The number of hydrogen-bond donors (Lipinski definition) is 1. The highest BCUT2D eigenvalue weighted by molar-refractivity contribution is 7.90. The highest BCUT2D eigenvalue weighted by Crippen LogP contribution is 2.15. The average molecular weight is 397 g/mol. The van der Waals surface area contributed by atoms with Gasteiger partial charge < -0.3 is 14.8 Å². The molecule has 0 aliphatic carbocycles. The molecule has 0 amide bonds. The summed E-state index contributed by atoms with van der Waals surface area (Å²) < 4.78 is 25.1. The Balaban J connectivity index is 2.11. The maximum atomic E-state index is 11.5. The summed E-state index contributed by atoms with van der Waals surface area (Å²) in [5, 5.41) is 3.98. The molecule has 0 radical (unpaired) electrons. The fourth-order valence-electron chi connectivity index (χ4n) is 2.52. The van der Waals surface area contributed by atoms with Crippen LogP contribution in [0.5, 0.6) is 0 Å². The first-order valence-corrected chi connectivity index (χ1v) is 10.6. The zero-order valence-electron chi connectivity index (χ0n) is 15.5. The fourth-order valence-corrected chi connectivity index (χ4v) is 3.42. The van der Waals surface area contributed by atoms with Gasteiger partial charge in [-0.15, -0.1) is 0 Å². The summed E-state index contributed by atoms with van der Waals surface area (Å²) >= 11 is 6.05. The highest BCUT2D eigenvalue weighted by atomic mass is 35.5. The average Bonchev–Trinajstić information content (AvgIpc) is 2.88. The van der Waals surface area contributed by atoms with Crippen molar-refractivity contribution in [2.45, 2.75) is 24.9 Å². The van der Waals surface area contributed by atoms with Gasteiger partial charge in [-0.25, -0.2) is 13.4 Å². The lowest BCUT2D eigenvalue weighted by Gasteiger charge is -2.22. The van der Waals surface area contributed by atoms with Gasteiger partial charge in [0.1, 0.15) is 0 Å². The molecule has 0 atom stereocenters. The van der Waals surface area contributed by atoms with E-state index in [1.807, 2.05) is 42.7 Å². The second-order valence-corrected chi connectivity index (χ2v) is 8.66. The lowest BCUT2D eigenvalue weighted by atomic mass is 10.2. The second-order valence-electron chi connectivity index (χ2n) is 6.20. The largest absolute Gasteiger partial charge is 0.357 e. The minimum Gasteiger partial charge on any atom is -0.357 e. The maximum Gasteiger partial charge on any atom is 0.194 e. The van der Waals surface area contributed by atoms with Crippen LogP contribution in [0.2, 0.25) is 5.02 Å². The first kappa shape index (κ1) is 20.3. The Morgan fingerprint density at radius 3 is 2.46 bits per heavy atom. The molecule has 8 heteroatoms. The topological polar surface area (TPSA) is 66.7 Å². The van der Waals surface area contributed by atoms with Crippen LogP contribution in [0.4, 0.5) is 0 Å². The lowest BCUT2D eigenvalue weighted by Crippen LogP contribution is -2.38. The Bertz CT molecular complexity index is 873. The molecule has 26 heavy (non-hydrogen) atoms. The molecule has 0 bridgehead atoms. The Hall–Kier alpha value is -1.99. The first-order chi connectivity index (χ1) is 12.2. The molecule has 0 aliphatic rings. The van der Waals surface area contributed by atoms with E-state index in [2.05, 4.69) is 10.3 Å². The summed E-state index contributed by atoms with van der Waals surface area (Å²) in [5.74, 6) is 0.775. The Kier molecular flexibility index (Phi) is 6.72. The monoisotopic (exact) mass is 396 g/mol. The molecule has 0 saturated heterocycles. The molecule has 1 aromatic carbocycles. The van der Waals surface area contributed by atoms with Crippen molar-refractivity contribution in [2.24, 2.45) is 12.0 Å². The van der Waals surface area contributed by atoms with Gasteiger partial charge in [0.15, 0.2) is 15.8 Å². The fraction of sp³-hybridized carbons (Fsp3) is 0.389. The number of aliphatic imine (C=N–C) groups is 1. The van der Waals surface area contributed by atoms with Gasteiger partial charge in [0, 0.05) is 38.8 Å². The minimum atomic E-state index is -3.18. The normalized spacial score (nSPS) is 12.3. The summed E-state index contributed by atoms with van der Waals surface area (Å²) in [6, 6.07) is 8.75. The summed E-state index contributed by atoms with van der Waals surface area (Å²) in [6.45, 7) is 3.90. The van der Waals surface area contributed by atoms with Crippen LogP contribution in [0, 0.1) is 0 Å². The van der Waals surface area contributed by atoms with Gasteiger partial charge >= 0.3 is 0 Å². The van der Waals surface area contributed by atoms with Crippen LogP contribution in [0.1, 0.15) is 18.2 Å². The number of guanidine groups is 1. The summed E-state index contributed by atoms with van der Waals surface area (Å²) in [6.07, 6.45) is 3.08. The van der Waals surface area contributed by atoms with Gasteiger partial charge in [-0.2, -0.15) is 0 Å². The zero-order valence-corrected chi connectivity index (χ0v) is 17.1. The summed E-state index contributed by atoms with van der Waals surface area (Å²) in [4.78, 5) is 6.99. The summed E-state index contributed by atoms with van der Waals surface area (Å²) in [7, 11) is 0.749. The Morgan fingerprint density at radius 1 is 1.31 bits per heavy atom. The van der Waals surface area contributed by atoms with Crippen molar-refractivity contribution in [3.63, 3.8) is 0 Å².